The van der Waals surface area contributed by atoms with Crippen molar-refractivity contribution in [3.63, 3.8) is 0 Å². The zero-order chi connectivity index (χ0) is 12.7. The molecule has 100 valence electrons. The third-order valence-electron chi connectivity index (χ3n) is 3.00. The Labute approximate surface area is 105 Å². The van der Waals surface area contributed by atoms with Crippen LogP contribution in [0.2, 0.25) is 0 Å². The van der Waals surface area contributed by atoms with Gasteiger partial charge in [-0.25, -0.2) is 0 Å². The predicted octanol–water partition coefficient (Wildman–Crippen LogP) is 0.833. The molecule has 0 radical (unpaired) electrons. The van der Waals surface area contributed by atoms with Crippen LogP contribution in [0.15, 0.2) is 0 Å². The molecule has 1 aliphatic heterocycles. The van der Waals surface area contributed by atoms with Gasteiger partial charge in [-0.15, -0.1) is 0 Å². The molecule has 4 heteroatoms. The lowest BCUT2D eigenvalue weighted by Crippen LogP contribution is -2.40. The van der Waals surface area contributed by atoms with Crippen molar-refractivity contribution in [2.75, 3.05) is 32.7 Å². The zero-order valence-corrected chi connectivity index (χ0v) is 11.5. The third kappa shape index (κ3) is 6.64. The van der Waals surface area contributed by atoms with Crippen molar-refractivity contribution in [3.05, 3.63) is 0 Å². The van der Waals surface area contributed by atoms with Crippen molar-refractivity contribution < 1.29 is 4.79 Å². The molecule has 1 fully saturated rings. The van der Waals surface area contributed by atoms with Gasteiger partial charge in [0.05, 0.1) is 6.54 Å². The van der Waals surface area contributed by atoms with E-state index in [9.17, 15) is 4.79 Å². The largest absolute Gasteiger partial charge is 0.353 e. The maximum Gasteiger partial charge on any atom is 0.234 e. The monoisotopic (exact) mass is 241 g/mol. The second-order valence-electron chi connectivity index (χ2n) is 5.47. The van der Waals surface area contributed by atoms with Gasteiger partial charge in [0.25, 0.3) is 0 Å². The summed E-state index contributed by atoms with van der Waals surface area (Å²) in [6, 6.07) is 0.228. The first kappa shape index (κ1) is 14.5. The van der Waals surface area contributed by atoms with Crippen LogP contribution in [0.25, 0.3) is 0 Å². The summed E-state index contributed by atoms with van der Waals surface area (Å²) in [5, 5.41) is 6.10. The summed E-state index contributed by atoms with van der Waals surface area (Å²) in [5.74, 6) is 0.702. The number of carbonyl (C=O) groups excluding carboxylic acids is 1. The van der Waals surface area contributed by atoms with Gasteiger partial charge < -0.3 is 15.5 Å². The van der Waals surface area contributed by atoms with Crippen molar-refractivity contribution in [3.8, 4) is 0 Å². The number of nitrogens with one attached hydrogen (secondary N) is 2. The Morgan fingerprint density at radius 3 is 2.47 bits per heavy atom. The Bertz CT molecular complexity index is 225. The molecule has 0 aliphatic carbocycles. The molecule has 0 aromatic heterocycles. The quantitative estimate of drug-likeness (QED) is 0.694. The van der Waals surface area contributed by atoms with Crippen LogP contribution in [0.1, 0.15) is 33.6 Å². The Kier molecular flexibility index (Phi) is 6.52. The van der Waals surface area contributed by atoms with Crippen LogP contribution in [-0.4, -0.2) is 49.6 Å². The second-order valence-corrected chi connectivity index (χ2v) is 5.47. The van der Waals surface area contributed by atoms with E-state index < -0.39 is 0 Å². The SMILES string of the molecule is CC(CNCC(=O)NC(C)C)CN1CCCC1. The fourth-order valence-electron chi connectivity index (χ4n) is 2.28. The topological polar surface area (TPSA) is 44.4 Å². The highest BCUT2D eigenvalue weighted by Gasteiger charge is 2.14. The van der Waals surface area contributed by atoms with Gasteiger partial charge in [0.2, 0.25) is 5.91 Å². The maximum absolute atomic E-state index is 11.4. The summed E-state index contributed by atoms with van der Waals surface area (Å²) in [4.78, 5) is 13.9. The number of hydrogen-bond donors (Lipinski definition) is 2. The van der Waals surface area contributed by atoms with E-state index in [1.807, 2.05) is 13.8 Å². The van der Waals surface area contributed by atoms with Crippen LogP contribution in [0.3, 0.4) is 0 Å². The Balaban J connectivity index is 2.03. The molecule has 0 aromatic carbocycles. The van der Waals surface area contributed by atoms with Crippen molar-refractivity contribution in [1.29, 1.82) is 0 Å². The Morgan fingerprint density at radius 1 is 1.24 bits per heavy atom. The van der Waals surface area contributed by atoms with Crippen LogP contribution in [0, 0.1) is 5.92 Å². The molecule has 1 rings (SSSR count). The van der Waals surface area contributed by atoms with E-state index in [2.05, 4.69) is 22.5 Å². The average Bonchev–Trinajstić information content (AvgIpc) is 2.69. The van der Waals surface area contributed by atoms with Crippen LogP contribution in [0.5, 0.6) is 0 Å². The summed E-state index contributed by atoms with van der Waals surface area (Å²) < 4.78 is 0. The molecule has 17 heavy (non-hydrogen) atoms. The summed E-state index contributed by atoms with van der Waals surface area (Å²) >= 11 is 0. The van der Waals surface area contributed by atoms with Gasteiger partial charge in [-0.1, -0.05) is 6.92 Å². The first-order valence-corrected chi connectivity index (χ1v) is 6.80. The highest BCUT2D eigenvalue weighted by Crippen LogP contribution is 2.09. The molecule has 0 spiro atoms. The molecular formula is C13H27N3O. The predicted molar refractivity (Wildman–Crippen MR) is 71.0 cm³/mol. The minimum Gasteiger partial charge on any atom is -0.353 e. The Morgan fingerprint density at radius 2 is 1.88 bits per heavy atom. The molecule has 1 saturated heterocycles. The van der Waals surface area contributed by atoms with Gasteiger partial charge in [-0.2, -0.15) is 0 Å². The first-order chi connectivity index (χ1) is 8.08. The highest BCUT2D eigenvalue weighted by atomic mass is 16.1. The molecule has 0 saturated carbocycles. The lowest BCUT2D eigenvalue weighted by molar-refractivity contribution is -0.120. The minimum atomic E-state index is 0.0911. The van der Waals surface area contributed by atoms with E-state index in [-0.39, 0.29) is 11.9 Å². The highest BCUT2D eigenvalue weighted by molar-refractivity contribution is 5.78. The van der Waals surface area contributed by atoms with Gasteiger partial charge in [-0.05, 0) is 52.2 Å². The van der Waals surface area contributed by atoms with Crippen LogP contribution >= 0.6 is 0 Å². The molecule has 1 aliphatic rings. The van der Waals surface area contributed by atoms with E-state index in [4.69, 9.17) is 0 Å². The van der Waals surface area contributed by atoms with Crippen LogP contribution < -0.4 is 10.6 Å². The molecule has 1 amide bonds. The van der Waals surface area contributed by atoms with E-state index >= 15 is 0 Å². The second kappa shape index (κ2) is 7.67. The fourth-order valence-corrected chi connectivity index (χ4v) is 2.28. The maximum atomic E-state index is 11.4. The van der Waals surface area contributed by atoms with Crippen molar-refractivity contribution in [2.24, 2.45) is 5.92 Å². The van der Waals surface area contributed by atoms with E-state index in [0.717, 1.165) is 13.1 Å². The normalized spacial score (nSPS) is 18.6. The minimum absolute atomic E-state index is 0.0911. The number of hydrogen-bond acceptors (Lipinski definition) is 3. The standard InChI is InChI=1S/C13H27N3O/c1-11(2)15-13(17)9-14-8-12(3)10-16-6-4-5-7-16/h11-12,14H,4-10H2,1-3H3,(H,15,17). The lowest BCUT2D eigenvalue weighted by atomic mass is 10.1. The van der Waals surface area contributed by atoms with E-state index in [0.29, 0.717) is 12.5 Å². The summed E-state index contributed by atoms with van der Waals surface area (Å²) in [6.07, 6.45) is 2.69. The van der Waals surface area contributed by atoms with Crippen molar-refractivity contribution in [2.45, 2.75) is 39.7 Å². The van der Waals surface area contributed by atoms with Crippen molar-refractivity contribution in [1.82, 2.24) is 15.5 Å². The molecule has 2 N–H and O–H groups in total. The molecule has 1 unspecified atom stereocenters. The van der Waals surface area contributed by atoms with E-state index in [1.54, 1.807) is 0 Å². The Hall–Kier alpha value is -0.610. The fraction of sp³-hybridized carbons (Fsp3) is 0.923. The zero-order valence-electron chi connectivity index (χ0n) is 11.5. The molecular weight excluding hydrogens is 214 g/mol. The molecule has 0 aromatic rings. The number of rotatable bonds is 7. The molecule has 0 bridgehead atoms. The lowest BCUT2D eigenvalue weighted by Gasteiger charge is -2.20. The van der Waals surface area contributed by atoms with Gasteiger partial charge >= 0.3 is 0 Å². The van der Waals surface area contributed by atoms with Gasteiger partial charge in [0.15, 0.2) is 0 Å². The van der Waals surface area contributed by atoms with Gasteiger partial charge in [0, 0.05) is 12.6 Å². The van der Waals surface area contributed by atoms with Crippen molar-refractivity contribution >= 4 is 5.91 Å². The third-order valence-corrected chi connectivity index (χ3v) is 3.00. The molecule has 4 nitrogen and oxygen atoms in total. The first-order valence-electron chi connectivity index (χ1n) is 6.80. The van der Waals surface area contributed by atoms with Gasteiger partial charge in [-0.3, -0.25) is 4.79 Å². The summed E-state index contributed by atoms with van der Waals surface area (Å²) in [7, 11) is 0. The number of amides is 1. The van der Waals surface area contributed by atoms with Gasteiger partial charge in [0.1, 0.15) is 0 Å². The summed E-state index contributed by atoms with van der Waals surface area (Å²) in [6.45, 7) is 11.2. The number of carbonyl (C=O) groups is 1. The summed E-state index contributed by atoms with van der Waals surface area (Å²) in [5.41, 5.74) is 0. The van der Waals surface area contributed by atoms with E-state index in [1.165, 1.54) is 25.9 Å². The van der Waals surface area contributed by atoms with Crippen LogP contribution in [-0.2, 0) is 4.79 Å². The molecule has 1 atom stereocenters. The number of nitrogens with zero attached hydrogens (tertiary/aromatic N) is 1. The van der Waals surface area contributed by atoms with Crippen LogP contribution in [0.4, 0.5) is 0 Å². The number of likely N-dealkylation sites (tertiary alicyclic amines) is 1. The molecule has 1 heterocycles. The smallest absolute Gasteiger partial charge is 0.234 e. The average molecular weight is 241 g/mol.